The molecule has 8 nitrogen and oxygen atoms in total. The number of hydrogen-bond donors (Lipinski definition) is 5. The molecule has 1 aromatic rings. The summed E-state index contributed by atoms with van der Waals surface area (Å²) >= 11 is 0. The Morgan fingerprint density at radius 1 is 1.46 bits per heavy atom. The zero-order chi connectivity index (χ0) is 17.7. The van der Waals surface area contributed by atoms with Crippen LogP contribution in [0.1, 0.15) is 15.9 Å². The Kier molecular flexibility index (Phi) is 5.94. The summed E-state index contributed by atoms with van der Waals surface area (Å²) in [4.78, 5) is 13.5. The molecule has 24 heavy (non-hydrogen) atoms. The van der Waals surface area contributed by atoms with Crippen LogP contribution < -0.4 is 16.2 Å². The minimum atomic E-state index is -1.26. The van der Waals surface area contributed by atoms with Crippen molar-refractivity contribution >= 4 is 13.5 Å². The number of carbonyl (C=O) groups is 1. The largest absolute Gasteiger partial charge is 0.507 e. The van der Waals surface area contributed by atoms with E-state index in [1.54, 1.807) is 6.07 Å². The molecule has 1 saturated heterocycles. The van der Waals surface area contributed by atoms with E-state index >= 15 is 0 Å². The Morgan fingerprint density at radius 2 is 2.17 bits per heavy atom. The third-order valence-corrected chi connectivity index (χ3v) is 3.82. The van der Waals surface area contributed by atoms with Crippen LogP contribution in [-0.2, 0) is 6.42 Å². The number of carboxylic acids is 1. The Morgan fingerprint density at radius 3 is 2.75 bits per heavy atom. The molecule has 129 valence electrons. The number of ether oxygens (including phenoxy) is 1. The molecule has 0 spiro atoms. The van der Waals surface area contributed by atoms with E-state index in [1.165, 1.54) is 12.3 Å². The van der Waals surface area contributed by atoms with Gasteiger partial charge in [0.15, 0.2) is 0 Å². The lowest BCUT2D eigenvalue weighted by Crippen LogP contribution is -2.54. The first-order valence-corrected chi connectivity index (χ1v) is 7.55. The van der Waals surface area contributed by atoms with Crippen LogP contribution in [0, 0.1) is 0 Å². The first-order valence-electron chi connectivity index (χ1n) is 7.55. The first-order chi connectivity index (χ1) is 11.5. The molecule has 0 aromatic heterocycles. The van der Waals surface area contributed by atoms with Crippen molar-refractivity contribution in [1.29, 1.82) is 0 Å². The quantitative estimate of drug-likeness (QED) is 0.400. The van der Waals surface area contributed by atoms with Gasteiger partial charge in [-0.1, -0.05) is 6.07 Å². The SMILES string of the molecule is N/C=C(\N)CN1CC(Oc2ccc(CC[B]O)c(O)c2C(=O)O)C1. The van der Waals surface area contributed by atoms with Gasteiger partial charge in [-0.05, 0) is 24.4 Å². The molecule has 0 amide bonds. The van der Waals surface area contributed by atoms with Gasteiger partial charge in [0.25, 0.3) is 7.48 Å². The van der Waals surface area contributed by atoms with Gasteiger partial charge in [-0.15, -0.1) is 0 Å². The molecule has 1 fully saturated rings. The van der Waals surface area contributed by atoms with Crippen LogP contribution in [0.25, 0.3) is 0 Å². The predicted octanol–water partition coefficient (Wildman–Crippen LogP) is -0.516. The summed E-state index contributed by atoms with van der Waals surface area (Å²) in [6, 6.07) is 3.14. The number of nitrogens with two attached hydrogens (primary N) is 2. The molecule has 0 unspecified atom stereocenters. The molecule has 9 heteroatoms. The van der Waals surface area contributed by atoms with Gasteiger partial charge >= 0.3 is 5.97 Å². The topological polar surface area (TPSA) is 142 Å². The Labute approximate surface area is 140 Å². The highest BCUT2D eigenvalue weighted by Gasteiger charge is 2.30. The number of benzene rings is 1. The molecule has 1 aromatic carbocycles. The summed E-state index contributed by atoms with van der Waals surface area (Å²) < 4.78 is 5.70. The van der Waals surface area contributed by atoms with E-state index in [2.05, 4.69) is 0 Å². The Balaban J connectivity index is 2.06. The standard InChI is InChI=1S/C15H21BN3O5/c17-5-10(18)6-19-7-11(8-19)24-12-2-1-9(3-4-16-23)14(20)13(12)15(21)22/h1-2,5,11,20,23H,3-4,6-8,17-18H2,(H,21,22)/b10-5-. The molecular weight excluding hydrogens is 313 g/mol. The number of phenols is 1. The summed E-state index contributed by atoms with van der Waals surface area (Å²) in [5.74, 6) is -1.46. The van der Waals surface area contributed by atoms with Crippen molar-refractivity contribution in [2.45, 2.75) is 18.8 Å². The van der Waals surface area contributed by atoms with Crippen molar-refractivity contribution in [2.75, 3.05) is 19.6 Å². The second-order valence-electron chi connectivity index (χ2n) is 5.65. The van der Waals surface area contributed by atoms with E-state index in [1.807, 2.05) is 4.90 Å². The number of aromatic carboxylic acids is 1. The molecule has 7 N–H and O–H groups in total. The summed E-state index contributed by atoms with van der Waals surface area (Å²) in [5.41, 5.74) is 11.7. The highest BCUT2D eigenvalue weighted by Crippen LogP contribution is 2.33. The summed E-state index contributed by atoms with van der Waals surface area (Å²) in [6.07, 6.45) is 1.83. The molecule has 0 atom stereocenters. The van der Waals surface area contributed by atoms with Crippen LogP contribution in [0.4, 0.5) is 0 Å². The van der Waals surface area contributed by atoms with Crippen LogP contribution in [-0.4, -0.2) is 59.3 Å². The van der Waals surface area contributed by atoms with E-state index < -0.39 is 5.97 Å². The molecule has 1 aliphatic heterocycles. The number of aromatic hydroxyl groups is 1. The van der Waals surface area contributed by atoms with Gasteiger partial charge in [0.2, 0.25) is 0 Å². The van der Waals surface area contributed by atoms with Crippen LogP contribution in [0.2, 0.25) is 6.32 Å². The Hall–Kier alpha value is -2.39. The molecule has 0 bridgehead atoms. The lowest BCUT2D eigenvalue weighted by atomic mass is 9.90. The van der Waals surface area contributed by atoms with Crippen LogP contribution in [0.15, 0.2) is 24.0 Å². The van der Waals surface area contributed by atoms with Gasteiger partial charge in [-0.25, -0.2) is 4.79 Å². The fourth-order valence-electron chi connectivity index (χ4n) is 2.56. The van der Waals surface area contributed by atoms with Gasteiger partial charge in [-0.2, -0.15) is 0 Å². The van der Waals surface area contributed by atoms with Crippen molar-refractivity contribution in [3.8, 4) is 11.5 Å². The lowest BCUT2D eigenvalue weighted by molar-refractivity contribution is 0.0248. The number of hydrogen-bond acceptors (Lipinski definition) is 7. The average molecular weight is 334 g/mol. The molecule has 0 saturated carbocycles. The monoisotopic (exact) mass is 334 g/mol. The van der Waals surface area contributed by atoms with E-state index in [-0.39, 0.29) is 23.2 Å². The van der Waals surface area contributed by atoms with E-state index in [0.29, 0.717) is 43.6 Å². The molecular formula is C15H21BN3O5. The number of likely N-dealkylation sites (tertiary alicyclic amines) is 1. The van der Waals surface area contributed by atoms with Gasteiger partial charge < -0.3 is 31.4 Å². The van der Waals surface area contributed by atoms with Gasteiger partial charge in [0.1, 0.15) is 23.2 Å². The van der Waals surface area contributed by atoms with Crippen molar-refractivity contribution < 1.29 is 24.8 Å². The van der Waals surface area contributed by atoms with E-state index in [4.69, 9.17) is 21.2 Å². The number of aryl methyl sites for hydroxylation is 1. The third-order valence-electron chi connectivity index (χ3n) is 3.82. The maximum atomic E-state index is 11.5. The van der Waals surface area contributed by atoms with Crippen LogP contribution in [0.5, 0.6) is 11.5 Å². The van der Waals surface area contributed by atoms with Gasteiger partial charge in [-0.3, -0.25) is 4.90 Å². The molecule has 1 heterocycles. The fraction of sp³-hybridized carbons (Fsp3) is 0.400. The highest BCUT2D eigenvalue weighted by molar-refractivity contribution is 6.25. The zero-order valence-electron chi connectivity index (χ0n) is 13.2. The van der Waals surface area contributed by atoms with Crippen molar-refractivity contribution in [2.24, 2.45) is 11.5 Å². The number of nitrogens with zero attached hydrogens (tertiary/aromatic N) is 1. The second-order valence-corrected chi connectivity index (χ2v) is 5.65. The predicted molar refractivity (Wildman–Crippen MR) is 88.9 cm³/mol. The fourth-order valence-corrected chi connectivity index (χ4v) is 2.56. The highest BCUT2D eigenvalue weighted by atomic mass is 16.5. The maximum Gasteiger partial charge on any atom is 0.343 e. The minimum absolute atomic E-state index is 0.128. The Bertz CT molecular complexity index is 632. The smallest absolute Gasteiger partial charge is 0.343 e. The summed E-state index contributed by atoms with van der Waals surface area (Å²) in [6.45, 7) is 1.72. The minimum Gasteiger partial charge on any atom is -0.507 e. The van der Waals surface area contributed by atoms with Crippen molar-refractivity contribution in [3.63, 3.8) is 0 Å². The third kappa shape index (κ3) is 4.12. The maximum absolute atomic E-state index is 11.5. The van der Waals surface area contributed by atoms with E-state index in [0.717, 1.165) is 7.48 Å². The lowest BCUT2D eigenvalue weighted by Gasteiger charge is -2.39. The molecule has 1 radical (unpaired) electrons. The van der Waals surface area contributed by atoms with Crippen molar-refractivity contribution in [1.82, 2.24) is 4.90 Å². The second kappa shape index (κ2) is 7.94. The number of carboxylic acid groups (broad SMARTS) is 1. The van der Waals surface area contributed by atoms with Crippen molar-refractivity contribution in [3.05, 3.63) is 35.2 Å². The zero-order valence-corrected chi connectivity index (χ0v) is 13.2. The van der Waals surface area contributed by atoms with Gasteiger partial charge in [0.05, 0.1) is 0 Å². The first kappa shape index (κ1) is 18.0. The normalized spacial score (nSPS) is 15.8. The molecule has 1 aliphatic rings. The van der Waals surface area contributed by atoms with E-state index in [9.17, 15) is 15.0 Å². The molecule has 2 rings (SSSR count). The summed E-state index contributed by atoms with van der Waals surface area (Å²) in [5, 5.41) is 28.3. The summed E-state index contributed by atoms with van der Waals surface area (Å²) in [7, 11) is 0.967. The van der Waals surface area contributed by atoms with Crippen LogP contribution >= 0.6 is 0 Å². The average Bonchev–Trinajstić information content (AvgIpc) is 2.51. The van der Waals surface area contributed by atoms with Crippen LogP contribution in [0.3, 0.4) is 0 Å². The number of rotatable bonds is 8. The van der Waals surface area contributed by atoms with Gasteiger partial charge in [0, 0.05) is 31.5 Å². The molecule has 0 aliphatic carbocycles.